The Morgan fingerprint density at radius 3 is 2.56 bits per heavy atom. The van der Waals surface area contributed by atoms with Gasteiger partial charge in [-0.25, -0.2) is 13.1 Å². The van der Waals surface area contributed by atoms with Crippen molar-refractivity contribution in [2.24, 2.45) is 5.73 Å². The van der Waals surface area contributed by atoms with E-state index in [9.17, 15) is 8.42 Å². The van der Waals surface area contributed by atoms with Gasteiger partial charge in [0.25, 0.3) is 0 Å². The molecule has 1 unspecified atom stereocenters. The van der Waals surface area contributed by atoms with E-state index in [1.807, 2.05) is 25.9 Å². The number of nitrogens with one attached hydrogen (secondary N) is 1. The summed E-state index contributed by atoms with van der Waals surface area (Å²) in [6.45, 7) is 4.08. The van der Waals surface area contributed by atoms with Gasteiger partial charge in [0.05, 0.1) is 6.54 Å². The Morgan fingerprint density at radius 1 is 1.50 bits per heavy atom. The number of hydrogen-bond donors (Lipinski definition) is 2. The standard InChI is InChI=1S/C11H21N3O3S/c1-8(14(3)4)7-13-18(15,16)11-5-10(6-12)17-9(11)2/h5,8,13H,6-7,12H2,1-4H3. The number of likely N-dealkylation sites (N-methyl/N-ethyl adjacent to an activating group) is 1. The van der Waals surface area contributed by atoms with Gasteiger partial charge < -0.3 is 15.1 Å². The molecule has 18 heavy (non-hydrogen) atoms. The van der Waals surface area contributed by atoms with Gasteiger partial charge in [0.2, 0.25) is 10.0 Å². The van der Waals surface area contributed by atoms with Crippen LogP contribution in [-0.2, 0) is 16.6 Å². The summed E-state index contributed by atoms with van der Waals surface area (Å²) in [7, 11) is 0.260. The molecule has 0 saturated heterocycles. The Bertz CT molecular complexity index is 494. The molecule has 0 aromatic carbocycles. The van der Waals surface area contributed by atoms with Crippen LogP contribution in [0.15, 0.2) is 15.4 Å². The molecule has 6 nitrogen and oxygen atoms in total. The molecule has 0 aliphatic heterocycles. The highest BCUT2D eigenvalue weighted by molar-refractivity contribution is 7.89. The van der Waals surface area contributed by atoms with E-state index in [1.165, 1.54) is 6.07 Å². The zero-order chi connectivity index (χ0) is 13.9. The van der Waals surface area contributed by atoms with Crippen molar-refractivity contribution in [1.82, 2.24) is 9.62 Å². The molecule has 1 rings (SSSR count). The van der Waals surface area contributed by atoms with Crippen LogP contribution in [0.3, 0.4) is 0 Å². The van der Waals surface area contributed by atoms with Crippen molar-refractivity contribution >= 4 is 10.0 Å². The van der Waals surface area contributed by atoms with Crippen LogP contribution in [0.4, 0.5) is 0 Å². The molecule has 104 valence electrons. The first-order chi connectivity index (χ1) is 8.27. The first kappa shape index (κ1) is 15.2. The van der Waals surface area contributed by atoms with Crippen molar-refractivity contribution in [1.29, 1.82) is 0 Å². The summed E-state index contributed by atoms with van der Waals surface area (Å²) in [5.41, 5.74) is 5.42. The third kappa shape index (κ3) is 3.55. The molecule has 1 aromatic rings. The average Bonchev–Trinajstić information content (AvgIpc) is 2.68. The van der Waals surface area contributed by atoms with Gasteiger partial charge in [0.15, 0.2) is 0 Å². The van der Waals surface area contributed by atoms with Gasteiger partial charge in [-0.15, -0.1) is 0 Å². The predicted octanol–water partition coefficient (Wildman–Crippen LogP) is 0.275. The molecule has 3 N–H and O–H groups in total. The first-order valence-corrected chi connectivity index (χ1v) is 7.21. The van der Waals surface area contributed by atoms with Gasteiger partial charge >= 0.3 is 0 Å². The van der Waals surface area contributed by atoms with Crippen LogP contribution in [0.5, 0.6) is 0 Å². The van der Waals surface area contributed by atoms with Crippen LogP contribution in [0.25, 0.3) is 0 Å². The highest BCUT2D eigenvalue weighted by Gasteiger charge is 2.21. The number of nitrogens with two attached hydrogens (primary N) is 1. The maximum atomic E-state index is 12.1. The van der Waals surface area contributed by atoms with Crippen LogP contribution >= 0.6 is 0 Å². The molecule has 1 atom stereocenters. The topological polar surface area (TPSA) is 88.6 Å². The second kappa shape index (κ2) is 5.83. The number of sulfonamides is 1. The minimum atomic E-state index is -3.53. The lowest BCUT2D eigenvalue weighted by atomic mass is 10.3. The minimum Gasteiger partial charge on any atom is -0.464 e. The predicted molar refractivity (Wildman–Crippen MR) is 69.7 cm³/mol. The second-order valence-corrected chi connectivity index (χ2v) is 6.24. The SMILES string of the molecule is Cc1oc(CN)cc1S(=O)(=O)NCC(C)N(C)C. The van der Waals surface area contributed by atoms with Crippen LogP contribution in [0.2, 0.25) is 0 Å². The Labute approximate surface area is 108 Å². The van der Waals surface area contributed by atoms with Crippen molar-refractivity contribution in [3.63, 3.8) is 0 Å². The Kier molecular flexibility index (Phi) is 4.92. The number of rotatable bonds is 6. The van der Waals surface area contributed by atoms with Gasteiger partial charge in [0, 0.05) is 18.7 Å². The van der Waals surface area contributed by atoms with E-state index in [4.69, 9.17) is 10.2 Å². The largest absolute Gasteiger partial charge is 0.464 e. The lowest BCUT2D eigenvalue weighted by molar-refractivity contribution is 0.314. The lowest BCUT2D eigenvalue weighted by Crippen LogP contribution is -2.38. The first-order valence-electron chi connectivity index (χ1n) is 5.73. The van der Waals surface area contributed by atoms with Crippen molar-refractivity contribution in [3.8, 4) is 0 Å². The fourth-order valence-corrected chi connectivity index (χ4v) is 2.71. The molecule has 0 spiro atoms. The highest BCUT2D eigenvalue weighted by atomic mass is 32.2. The molecule has 0 bridgehead atoms. The number of furan rings is 1. The van der Waals surface area contributed by atoms with Crippen molar-refractivity contribution in [2.45, 2.75) is 31.3 Å². The second-order valence-electron chi connectivity index (χ2n) is 4.50. The summed E-state index contributed by atoms with van der Waals surface area (Å²) >= 11 is 0. The van der Waals surface area contributed by atoms with Gasteiger partial charge in [-0.1, -0.05) is 0 Å². The zero-order valence-electron chi connectivity index (χ0n) is 11.2. The summed E-state index contributed by atoms with van der Waals surface area (Å²) in [5.74, 6) is 0.828. The van der Waals surface area contributed by atoms with Gasteiger partial charge in [-0.2, -0.15) is 0 Å². The number of nitrogens with zero attached hydrogens (tertiary/aromatic N) is 1. The normalized spacial score (nSPS) is 14.1. The van der Waals surface area contributed by atoms with Crippen LogP contribution in [0, 0.1) is 6.92 Å². The maximum absolute atomic E-state index is 12.1. The van der Waals surface area contributed by atoms with E-state index in [-0.39, 0.29) is 17.5 Å². The van der Waals surface area contributed by atoms with E-state index in [0.29, 0.717) is 18.1 Å². The van der Waals surface area contributed by atoms with E-state index in [0.717, 1.165) is 0 Å². The number of aryl methyl sites for hydroxylation is 1. The summed E-state index contributed by atoms with van der Waals surface area (Å²) in [6, 6.07) is 1.58. The Hall–Kier alpha value is -0.890. The molecule has 0 amide bonds. The van der Waals surface area contributed by atoms with Crippen molar-refractivity contribution in [3.05, 3.63) is 17.6 Å². The highest BCUT2D eigenvalue weighted by Crippen LogP contribution is 2.19. The fraction of sp³-hybridized carbons (Fsp3) is 0.636. The average molecular weight is 275 g/mol. The zero-order valence-corrected chi connectivity index (χ0v) is 12.0. The molecule has 7 heteroatoms. The van der Waals surface area contributed by atoms with E-state index >= 15 is 0 Å². The van der Waals surface area contributed by atoms with Gasteiger partial charge in [-0.05, 0) is 27.9 Å². The van der Waals surface area contributed by atoms with Crippen LogP contribution in [-0.4, -0.2) is 40.0 Å². The maximum Gasteiger partial charge on any atom is 0.244 e. The Morgan fingerprint density at radius 2 is 2.11 bits per heavy atom. The summed E-state index contributed by atoms with van der Waals surface area (Å²) in [5, 5.41) is 0. The van der Waals surface area contributed by atoms with E-state index in [1.54, 1.807) is 6.92 Å². The van der Waals surface area contributed by atoms with Crippen LogP contribution in [0.1, 0.15) is 18.4 Å². The monoisotopic (exact) mass is 275 g/mol. The molecule has 0 saturated carbocycles. The summed E-state index contributed by atoms with van der Waals surface area (Å²) in [6.07, 6.45) is 0. The summed E-state index contributed by atoms with van der Waals surface area (Å²) in [4.78, 5) is 2.10. The lowest BCUT2D eigenvalue weighted by Gasteiger charge is -2.19. The molecule has 0 radical (unpaired) electrons. The van der Waals surface area contributed by atoms with Gasteiger partial charge in [0.1, 0.15) is 16.4 Å². The third-order valence-electron chi connectivity index (χ3n) is 2.86. The molecule has 0 aliphatic carbocycles. The smallest absolute Gasteiger partial charge is 0.244 e. The van der Waals surface area contributed by atoms with Gasteiger partial charge in [-0.3, -0.25) is 0 Å². The molecule has 1 heterocycles. The minimum absolute atomic E-state index is 0.112. The molecular weight excluding hydrogens is 254 g/mol. The quantitative estimate of drug-likeness (QED) is 0.778. The molecule has 1 aromatic heterocycles. The van der Waals surface area contributed by atoms with Crippen molar-refractivity contribution < 1.29 is 12.8 Å². The van der Waals surface area contributed by atoms with Crippen LogP contribution < -0.4 is 10.5 Å². The number of hydrogen-bond acceptors (Lipinski definition) is 5. The summed E-state index contributed by atoms with van der Waals surface area (Å²) < 4.78 is 32.0. The fourth-order valence-electron chi connectivity index (χ4n) is 1.38. The molecular formula is C11H21N3O3S. The van der Waals surface area contributed by atoms with Crippen molar-refractivity contribution in [2.75, 3.05) is 20.6 Å². The van der Waals surface area contributed by atoms with E-state index < -0.39 is 10.0 Å². The van der Waals surface area contributed by atoms with E-state index in [2.05, 4.69) is 4.72 Å². The third-order valence-corrected chi connectivity index (χ3v) is 4.40. The molecule has 0 fully saturated rings. The Balaban J connectivity index is 2.83. The molecule has 0 aliphatic rings.